The van der Waals surface area contributed by atoms with Gasteiger partial charge in [0.1, 0.15) is 0 Å². The number of unbranched alkanes of at least 4 members (excludes halogenated alkanes) is 13. The van der Waals surface area contributed by atoms with Crippen molar-refractivity contribution in [2.75, 3.05) is 20.6 Å². The molecule has 0 amide bonds. The summed E-state index contributed by atoms with van der Waals surface area (Å²) in [6, 6.07) is -0.313. The molecule has 0 aliphatic rings. The summed E-state index contributed by atoms with van der Waals surface area (Å²) >= 11 is 0. The molecule has 0 rings (SSSR count). The first-order chi connectivity index (χ1) is 11.4. The lowest BCUT2D eigenvalue weighted by molar-refractivity contribution is -0.904. The summed E-state index contributed by atoms with van der Waals surface area (Å²) in [7, 11) is 4.06. The smallest absolute Gasteiger partial charge is 0.362 e. The molecule has 0 aliphatic heterocycles. The first-order valence-corrected chi connectivity index (χ1v) is 10.5. The fourth-order valence-corrected chi connectivity index (χ4v) is 3.21. The molecule has 3 nitrogen and oxygen atoms in total. The molecule has 1 unspecified atom stereocenters. The summed E-state index contributed by atoms with van der Waals surface area (Å²) in [6.45, 7) is 5.05. The van der Waals surface area contributed by atoms with Gasteiger partial charge in [-0.15, -0.1) is 0 Å². The average molecular weight is 343 g/mol. The molecule has 3 heteroatoms. The number of aliphatic carboxylic acids is 1. The summed E-state index contributed by atoms with van der Waals surface area (Å²) in [5.74, 6) is -0.689. The molecule has 0 saturated heterocycles. The van der Waals surface area contributed by atoms with Gasteiger partial charge < -0.3 is 9.59 Å². The largest absolute Gasteiger partial charge is 0.477 e. The molecule has 0 aliphatic carbocycles. The zero-order valence-corrected chi connectivity index (χ0v) is 17.0. The lowest BCUT2D eigenvalue weighted by atomic mass is 10.0. The van der Waals surface area contributed by atoms with E-state index in [0.717, 1.165) is 13.0 Å². The van der Waals surface area contributed by atoms with Crippen LogP contribution in [0.1, 0.15) is 104 Å². The highest BCUT2D eigenvalue weighted by molar-refractivity contribution is 5.71. The highest BCUT2D eigenvalue weighted by Gasteiger charge is 2.29. The number of rotatable bonds is 17. The van der Waals surface area contributed by atoms with Gasteiger partial charge in [-0.1, -0.05) is 84.0 Å². The molecular formula is C21H44NO2+. The van der Waals surface area contributed by atoms with E-state index >= 15 is 0 Å². The van der Waals surface area contributed by atoms with Crippen LogP contribution in [0.3, 0.4) is 0 Å². The van der Waals surface area contributed by atoms with Crippen molar-refractivity contribution < 1.29 is 14.4 Å². The van der Waals surface area contributed by atoms with E-state index in [1.165, 1.54) is 83.5 Å². The van der Waals surface area contributed by atoms with E-state index in [4.69, 9.17) is 5.11 Å². The van der Waals surface area contributed by atoms with E-state index in [-0.39, 0.29) is 6.04 Å². The molecule has 0 saturated carbocycles. The molecule has 1 atom stereocenters. The number of hydrogen-bond acceptors (Lipinski definition) is 1. The summed E-state index contributed by atoms with van der Waals surface area (Å²) in [5, 5.41) is 9.12. The van der Waals surface area contributed by atoms with Crippen LogP contribution >= 0.6 is 0 Å². The first-order valence-electron chi connectivity index (χ1n) is 10.5. The van der Waals surface area contributed by atoms with Crippen molar-refractivity contribution >= 4 is 5.97 Å². The van der Waals surface area contributed by atoms with Crippen molar-refractivity contribution in [3.8, 4) is 0 Å². The maximum absolute atomic E-state index is 11.1. The molecule has 0 spiro atoms. The second-order valence-corrected chi connectivity index (χ2v) is 8.11. The van der Waals surface area contributed by atoms with E-state index < -0.39 is 5.97 Å². The predicted octanol–water partition coefficient (Wildman–Crippen LogP) is 6.02. The minimum atomic E-state index is -0.689. The summed E-state index contributed by atoms with van der Waals surface area (Å²) in [6.07, 6.45) is 19.1. The number of carbonyl (C=O) groups is 1. The fourth-order valence-electron chi connectivity index (χ4n) is 3.21. The van der Waals surface area contributed by atoms with Gasteiger partial charge in [0.2, 0.25) is 0 Å². The summed E-state index contributed by atoms with van der Waals surface area (Å²) < 4.78 is 0.591. The van der Waals surface area contributed by atoms with Crippen molar-refractivity contribution in [1.82, 2.24) is 0 Å². The van der Waals surface area contributed by atoms with E-state index in [2.05, 4.69) is 6.92 Å². The van der Waals surface area contributed by atoms with Crippen LogP contribution in [-0.2, 0) is 4.79 Å². The summed E-state index contributed by atoms with van der Waals surface area (Å²) in [4.78, 5) is 11.1. The standard InChI is InChI=1S/C21H43NO2/c1-5-6-7-8-9-10-11-12-13-14-15-16-17-18-19-22(3,4)20(2)21(23)24/h20H,5-19H2,1-4H3/p+1. The minimum absolute atomic E-state index is 0.313. The molecule has 0 aromatic heterocycles. The SMILES string of the molecule is CCCCCCCCCCCCCCCC[N+](C)(C)C(C)C(=O)O. The van der Waals surface area contributed by atoms with Crippen LogP contribution < -0.4 is 0 Å². The lowest BCUT2D eigenvalue weighted by Crippen LogP contribution is -2.51. The van der Waals surface area contributed by atoms with Crippen molar-refractivity contribution in [3.05, 3.63) is 0 Å². The Morgan fingerprint density at radius 2 is 1.08 bits per heavy atom. The third-order valence-electron chi connectivity index (χ3n) is 5.49. The van der Waals surface area contributed by atoms with Crippen molar-refractivity contribution in [2.45, 2.75) is 110 Å². The fraction of sp³-hybridized carbons (Fsp3) is 0.952. The van der Waals surface area contributed by atoms with Crippen LogP contribution in [0.15, 0.2) is 0 Å². The maximum atomic E-state index is 11.1. The average Bonchev–Trinajstić information content (AvgIpc) is 2.54. The van der Waals surface area contributed by atoms with Gasteiger partial charge in [0.05, 0.1) is 20.6 Å². The van der Waals surface area contributed by atoms with E-state index in [1.807, 2.05) is 21.0 Å². The third kappa shape index (κ3) is 12.8. The molecule has 0 radical (unpaired) electrons. The summed E-state index contributed by atoms with van der Waals surface area (Å²) in [5.41, 5.74) is 0. The molecule has 0 bridgehead atoms. The highest BCUT2D eigenvalue weighted by atomic mass is 16.4. The quantitative estimate of drug-likeness (QED) is 0.259. The Bertz CT molecular complexity index is 302. The Balaban J connectivity index is 3.32. The van der Waals surface area contributed by atoms with Crippen LogP contribution in [0.2, 0.25) is 0 Å². The Kier molecular flexibility index (Phi) is 14.4. The number of hydrogen-bond donors (Lipinski definition) is 1. The normalized spacial score (nSPS) is 13.2. The molecule has 0 fully saturated rings. The molecule has 0 aromatic carbocycles. The van der Waals surface area contributed by atoms with Crippen molar-refractivity contribution in [1.29, 1.82) is 0 Å². The second kappa shape index (κ2) is 14.7. The molecule has 1 N–H and O–H groups in total. The topological polar surface area (TPSA) is 37.3 Å². The Morgan fingerprint density at radius 3 is 1.42 bits per heavy atom. The van der Waals surface area contributed by atoms with Crippen LogP contribution in [-0.4, -0.2) is 42.2 Å². The zero-order valence-electron chi connectivity index (χ0n) is 17.0. The lowest BCUT2D eigenvalue weighted by Gasteiger charge is -2.33. The van der Waals surface area contributed by atoms with Crippen LogP contribution in [0, 0.1) is 0 Å². The molecule has 24 heavy (non-hydrogen) atoms. The zero-order chi connectivity index (χ0) is 18.3. The predicted molar refractivity (Wildman–Crippen MR) is 104 cm³/mol. The van der Waals surface area contributed by atoms with Gasteiger partial charge in [-0.25, -0.2) is 4.79 Å². The van der Waals surface area contributed by atoms with Crippen LogP contribution in [0.4, 0.5) is 0 Å². The van der Waals surface area contributed by atoms with Gasteiger partial charge in [-0.3, -0.25) is 0 Å². The number of carboxylic acids is 1. The monoisotopic (exact) mass is 342 g/mol. The number of nitrogens with zero attached hydrogens (tertiary/aromatic N) is 1. The van der Waals surface area contributed by atoms with Gasteiger partial charge in [-0.05, 0) is 19.8 Å². The Morgan fingerprint density at radius 1 is 0.750 bits per heavy atom. The van der Waals surface area contributed by atoms with Gasteiger partial charge in [0.15, 0.2) is 6.04 Å². The Hall–Kier alpha value is -0.570. The number of carboxylic acid groups (broad SMARTS) is 1. The Labute approximate surface area is 151 Å². The molecular weight excluding hydrogens is 298 g/mol. The van der Waals surface area contributed by atoms with Crippen molar-refractivity contribution in [3.63, 3.8) is 0 Å². The first kappa shape index (κ1) is 23.4. The number of likely N-dealkylation sites (N-methyl/N-ethyl adjacent to an activating group) is 1. The van der Waals surface area contributed by atoms with Gasteiger partial charge in [0, 0.05) is 0 Å². The highest BCUT2D eigenvalue weighted by Crippen LogP contribution is 2.14. The maximum Gasteiger partial charge on any atom is 0.362 e. The van der Waals surface area contributed by atoms with E-state index in [1.54, 1.807) is 0 Å². The third-order valence-corrected chi connectivity index (χ3v) is 5.49. The van der Waals surface area contributed by atoms with Gasteiger partial charge >= 0.3 is 5.97 Å². The van der Waals surface area contributed by atoms with Gasteiger partial charge in [0.25, 0.3) is 0 Å². The van der Waals surface area contributed by atoms with E-state index in [9.17, 15) is 4.79 Å². The molecule has 144 valence electrons. The van der Waals surface area contributed by atoms with Gasteiger partial charge in [-0.2, -0.15) is 0 Å². The molecule has 0 heterocycles. The number of quaternary nitrogens is 1. The van der Waals surface area contributed by atoms with Crippen molar-refractivity contribution in [2.24, 2.45) is 0 Å². The minimum Gasteiger partial charge on any atom is -0.477 e. The van der Waals surface area contributed by atoms with E-state index in [0.29, 0.717) is 4.48 Å². The van der Waals surface area contributed by atoms with Crippen LogP contribution in [0.25, 0.3) is 0 Å². The molecule has 0 aromatic rings. The van der Waals surface area contributed by atoms with Crippen LogP contribution in [0.5, 0.6) is 0 Å². The second-order valence-electron chi connectivity index (χ2n) is 8.11.